The molecule has 6 nitrogen and oxygen atoms in total. The Morgan fingerprint density at radius 1 is 1.21 bits per heavy atom. The highest BCUT2D eigenvalue weighted by Crippen LogP contribution is 2.15. The van der Waals surface area contributed by atoms with Gasteiger partial charge in [-0.15, -0.1) is 0 Å². The Morgan fingerprint density at radius 2 is 1.96 bits per heavy atom. The van der Waals surface area contributed by atoms with Gasteiger partial charge < -0.3 is 19.5 Å². The fraction of sp³-hybridized carbons (Fsp3) is 0.444. The summed E-state index contributed by atoms with van der Waals surface area (Å²) in [5.41, 5.74) is 1.06. The van der Waals surface area contributed by atoms with E-state index in [0.29, 0.717) is 26.2 Å². The topological polar surface area (TPSA) is 63.6 Å². The summed E-state index contributed by atoms with van der Waals surface area (Å²) in [7, 11) is 0. The lowest BCUT2D eigenvalue weighted by Gasteiger charge is -2.31. The van der Waals surface area contributed by atoms with Gasteiger partial charge in [0.1, 0.15) is 6.54 Å². The van der Waals surface area contributed by atoms with Gasteiger partial charge in [0, 0.05) is 30.8 Å². The van der Waals surface area contributed by atoms with Crippen LogP contribution < -0.4 is 5.32 Å². The predicted octanol–water partition coefficient (Wildman–Crippen LogP) is 2.38. The largest absolute Gasteiger partial charge is 0.450 e. The zero-order valence-electron chi connectivity index (χ0n) is 13.9. The standard InChI is InChI=1S/C18H23N3O3/c1-2-24-18(23)20-11-8-15(9-12-20)19-17(22)13-21-10-7-14-5-3-4-6-16(14)21/h3-7,10,15H,2,8-9,11-13H2,1H3,(H,19,22). The maximum Gasteiger partial charge on any atom is 0.409 e. The zero-order chi connectivity index (χ0) is 16.9. The van der Waals surface area contributed by atoms with Crippen LogP contribution in [0.15, 0.2) is 36.5 Å². The Hall–Kier alpha value is -2.50. The average molecular weight is 329 g/mol. The molecule has 1 aromatic carbocycles. The highest BCUT2D eigenvalue weighted by Gasteiger charge is 2.24. The van der Waals surface area contributed by atoms with Gasteiger partial charge in [-0.3, -0.25) is 4.79 Å². The van der Waals surface area contributed by atoms with Crippen LogP contribution in [-0.4, -0.2) is 47.2 Å². The number of likely N-dealkylation sites (tertiary alicyclic amines) is 1. The number of carbonyl (C=O) groups excluding carboxylic acids is 2. The number of hydrogen-bond donors (Lipinski definition) is 1. The molecule has 0 aliphatic carbocycles. The summed E-state index contributed by atoms with van der Waals surface area (Å²) in [5.74, 6) is 0.00550. The maximum absolute atomic E-state index is 12.3. The molecule has 0 saturated carbocycles. The Bertz CT molecular complexity index is 717. The Balaban J connectivity index is 1.50. The lowest BCUT2D eigenvalue weighted by atomic mass is 10.1. The molecule has 0 unspecified atom stereocenters. The van der Waals surface area contributed by atoms with Crippen molar-refractivity contribution >= 4 is 22.9 Å². The van der Waals surface area contributed by atoms with Crippen LogP contribution in [0.25, 0.3) is 10.9 Å². The summed E-state index contributed by atoms with van der Waals surface area (Å²) >= 11 is 0. The Morgan fingerprint density at radius 3 is 2.71 bits per heavy atom. The van der Waals surface area contributed by atoms with Gasteiger partial charge in [-0.05, 0) is 37.3 Å². The molecule has 0 bridgehead atoms. The molecule has 2 amide bonds. The Labute approximate surface area is 141 Å². The molecule has 1 aromatic heterocycles. The minimum absolute atomic E-state index is 0.00550. The number of fused-ring (bicyclic) bond motifs is 1. The van der Waals surface area contributed by atoms with Gasteiger partial charge in [-0.25, -0.2) is 4.79 Å². The minimum Gasteiger partial charge on any atom is -0.450 e. The van der Waals surface area contributed by atoms with Crippen LogP contribution in [-0.2, 0) is 16.1 Å². The van der Waals surface area contributed by atoms with Gasteiger partial charge >= 0.3 is 6.09 Å². The molecular weight excluding hydrogens is 306 g/mol. The molecule has 0 radical (unpaired) electrons. The van der Waals surface area contributed by atoms with E-state index in [9.17, 15) is 9.59 Å². The summed E-state index contributed by atoms with van der Waals surface area (Å²) in [4.78, 5) is 25.7. The molecule has 3 rings (SSSR count). The first kappa shape index (κ1) is 16.4. The maximum atomic E-state index is 12.3. The number of aromatic nitrogens is 1. The second kappa shape index (κ2) is 7.38. The molecular formula is C18H23N3O3. The molecule has 1 fully saturated rings. The molecule has 2 heterocycles. The van der Waals surface area contributed by atoms with Crippen molar-refractivity contribution in [2.75, 3.05) is 19.7 Å². The molecule has 2 aromatic rings. The van der Waals surface area contributed by atoms with Gasteiger partial charge in [0.05, 0.1) is 6.61 Å². The van der Waals surface area contributed by atoms with E-state index in [1.54, 1.807) is 11.8 Å². The molecule has 128 valence electrons. The minimum atomic E-state index is -0.263. The summed E-state index contributed by atoms with van der Waals surface area (Å²) < 4.78 is 6.96. The van der Waals surface area contributed by atoms with Crippen LogP contribution in [0.5, 0.6) is 0 Å². The third-order valence-electron chi connectivity index (χ3n) is 4.38. The van der Waals surface area contributed by atoms with E-state index < -0.39 is 0 Å². The highest BCUT2D eigenvalue weighted by atomic mass is 16.6. The summed E-state index contributed by atoms with van der Waals surface area (Å²) in [6.07, 6.45) is 3.20. The molecule has 1 saturated heterocycles. The monoisotopic (exact) mass is 329 g/mol. The molecule has 1 aliphatic rings. The van der Waals surface area contributed by atoms with Crippen molar-refractivity contribution in [3.8, 4) is 0 Å². The molecule has 24 heavy (non-hydrogen) atoms. The number of para-hydroxylation sites is 1. The third-order valence-corrected chi connectivity index (χ3v) is 4.38. The van der Waals surface area contributed by atoms with Gasteiger partial charge in [-0.1, -0.05) is 18.2 Å². The van der Waals surface area contributed by atoms with E-state index in [1.165, 1.54) is 0 Å². The summed E-state index contributed by atoms with van der Waals surface area (Å²) in [6.45, 7) is 3.74. The fourth-order valence-electron chi connectivity index (χ4n) is 3.13. The van der Waals surface area contributed by atoms with Crippen LogP contribution in [0.2, 0.25) is 0 Å². The lowest BCUT2D eigenvalue weighted by Crippen LogP contribution is -2.47. The van der Waals surface area contributed by atoms with E-state index in [0.717, 1.165) is 23.7 Å². The third kappa shape index (κ3) is 3.69. The number of benzene rings is 1. The Kier molecular flexibility index (Phi) is 5.03. The van der Waals surface area contributed by atoms with Crippen LogP contribution >= 0.6 is 0 Å². The second-order valence-corrected chi connectivity index (χ2v) is 6.03. The van der Waals surface area contributed by atoms with Crippen molar-refractivity contribution in [2.45, 2.75) is 32.4 Å². The van der Waals surface area contributed by atoms with Gasteiger partial charge in [0.15, 0.2) is 0 Å². The number of nitrogens with one attached hydrogen (secondary N) is 1. The van der Waals surface area contributed by atoms with Crippen LogP contribution in [0, 0.1) is 0 Å². The molecule has 6 heteroatoms. The van der Waals surface area contributed by atoms with Crippen molar-refractivity contribution < 1.29 is 14.3 Å². The van der Waals surface area contributed by atoms with Crippen LogP contribution in [0.1, 0.15) is 19.8 Å². The van der Waals surface area contributed by atoms with Crippen molar-refractivity contribution in [1.82, 2.24) is 14.8 Å². The van der Waals surface area contributed by atoms with Crippen molar-refractivity contribution in [1.29, 1.82) is 0 Å². The number of carbonyl (C=O) groups is 2. The molecule has 1 aliphatic heterocycles. The second-order valence-electron chi connectivity index (χ2n) is 6.03. The van der Waals surface area contributed by atoms with Crippen molar-refractivity contribution in [3.63, 3.8) is 0 Å². The zero-order valence-corrected chi connectivity index (χ0v) is 13.9. The van der Waals surface area contributed by atoms with E-state index in [2.05, 4.69) is 5.32 Å². The SMILES string of the molecule is CCOC(=O)N1CCC(NC(=O)Cn2ccc3ccccc32)CC1. The number of amides is 2. The van der Waals surface area contributed by atoms with Crippen molar-refractivity contribution in [2.24, 2.45) is 0 Å². The first-order valence-corrected chi connectivity index (χ1v) is 8.42. The molecule has 0 spiro atoms. The quantitative estimate of drug-likeness (QED) is 0.937. The number of rotatable bonds is 4. The summed E-state index contributed by atoms with van der Waals surface area (Å²) in [5, 5.41) is 4.21. The smallest absolute Gasteiger partial charge is 0.409 e. The number of nitrogens with zero attached hydrogens (tertiary/aromatic N) is 2. The van der Waals surface area contributed by atoms with Crippen LogP contribution in [0.3, 0.4) is 0 Å². The van der Waals surface area contributed by atoms with Gasteiger partial charge in [0.2, 0.25) is 5.91 Å². The first-order valence-electron chi connectivity index (χ1n) is 8.42. The number of hydrogen-bond acceptors (Lipinski definition) is 3. The van der Waals surface area contributed by atoms with E-state index in [4.69, 9.17) is 4.74 Å². The van der Waals surface area contributed by atoms with Gasteiger partial charge in [0.25, 0.3) is 0 Å². The average Bonchev–Trinajstić information content (AvgIpc) is 2.99. The van der Waals surface area contributed by atoms with Crippen molar-refractivity contribution in [3.05, 3.63) is 36.5 Å². The number of ether oxygens (including phenoxy) is 1. The predicted molar refractivity (Wildman–Crippen MR) is 91.7 cm³/mol. The lowest BCUT2D eigenvalue weighted by molar-refractivity contribution is -0.122. The summed E-state index contributed by atoms with van der Waals surface area (Å²) in [6, 6.07) is 10.1. The van der Waals surface area contributed by atoms with E-state index >= 15 is 0 Å². The van der Waals surface area contributed by atoms with Crippen LogP contribution in [0.4, 0.5) is 4.79 Å². The van der Waals surface area contributed by atoms with E-state index in [-0.39, 0.29) is 18.0 Å². The molecule has 0 atom stereocenters. The van der Waals surface area contributed by atoms with Gasteiger partial charge in [-0.2, -0.15) is 0 Å². The molecule has 1 N–H and O–H groups in total. The highest BCUT2D eigenvalue weighted by molar-refractivity contribution is 5.83. The normalized spacial score (nSPS) is 15.5. The number of piperidine rings is 1. The van der Waals surface area contributed by atoms with E-state index in [1.807, 2.05) is 41.1 Å². The fourth-order valence-corrected chi connectivity index (χ4v) is 3.13. The first-order chi connectivity index (χ1) is 11.7.